The van der Waals surface area contributed by atoms with Crippen LogP contribution in [0.25, 0.3) is 0 Å². The molecular formula is C6H7N3. The maximum atomic E-state index is 4.03. The maximum Gasteiger partial charge on any atom is 0.0649 e. The fraction of sp³-hybridized carbons (Fsp3) is 0.333. The van der Waals surface area contributed by atoms with Crippen molar-refractivity contribution in [1.29, 1.82) is 0 Å². The van der Waals surface area contributed by atoms with E-state index in [1.54, 1.807) is 11.0 Å². The van der Waals surface area contributed by atoms with Crippen LogP contribution in [0.4, 0.5) is 0 Å². The standard InChI is InChI=1S/C6H7N3/c1-2-6-3-5-8-9(6)7-4-1/h3-5H,1-2H2. The molecule has 0 bridgehead atoms. The van der Waals surface area contributed by atoms with Crippen LogP contribution < -0.4 is 0 Å². The minimum Gasteiger partial charge on any atom is -0.163 e. The predicted octanol–water partition coefficient (Wildman–Crippen LogP) is 0.663. The monoisotopic (exact) mass is 121 g/mol. The number of rotatable bonds is 0. The smallest absolute Gasteiger partial charge is 0.0649 e. The summed E-state index contributed by atoms with van der Waals surface area (Å²) in [5, 5.41) is 8.01. The summed E-state index contributed by atoms with van der Waals surface area (Å²) >= 11 is 0. The van der Waals surface area contributed by atoms with Crippen LogP contribution in [0.5, 0.6) is 0 Å². The van der Waals surface area contributed by atoms with Crippen LogP contribution in [0, 0.1) is 0 Å². The van der Waals surface area contributed by atoms with Crippen LogP contribution in [0.15, 0.2) is 17.4 Å². The second-order valence-electron chi connectivity index (χ2n) is 2.05. The molecule has 0 saturated heterocycles. The van der Waals surface area contributed by atoms with Gasteiger partial charge in [-0.15, -0.1) is 0 Å². The van der Waals surface area contributed by atoms with Gasteiger partial charge in [-0.25, -0.2) is 0 Å². The van der Waals surface area contributed by atoms with Gasteiger partial charge in [0.05, 0.1) is 11.9 Å². The number of fused-ring (bicyclic) bond motifs is 1. The molecule has 0 aromatic carbocycles. The highest BCUT2D eigenvalue weighted by Gasteiger charge is 2.02. The fourth-order valence-corrected chi connectivity index (χ4v) is 0.958. The van der Waals surface area contributed by atoms with Crippen molar-refractivity contribution >= 4 is 6.21 Å². The molecule has 0 radical (unpaired) electrons. The maximum absolute atomic E-state index is 4.03. The van der Waals surface area contributed by atoms with Crippen LogP contribution in [-0.4, -0.2) is 16.1 Å². The molecule has 0 aliphatic carbocycles. The predicted molar refractivity (Wildman–Crippen MR) is 34.4 cm³/mol. The lowest BCUT2D eigenvalue weighted by Crippen LogP contribution is -2.04. The molecule has 0 spiro atoms. The fourth-order valence-electron chi connectivity index (χ4n) is 0.958. The molecule has 0 unspecified atom stereocenters. The highest BCUT2D eigenvalue weighted by atomic mass is 15.5. The van der Waals surface area contributed by atoms with E-state index in [1.807, 2.05) is 12.3 Å². The second kappa shape index (κ2) is 1.69. The van der Waals surface area contributed by atoms with E-state index in [1.165, 1.54) is 5.69 Å². The Bertz CT molecular complexity index is 236. The molecule has 1 aromatic rings. The van der Waals surface area contributed by atoms with Gasteiger partial charge in [-0.05, 0) is 18.9 Å². The summed E-state index contributed by atoms with van der Waals surface area (Å²) in [4.78, 5) is 1.67. The lowest BCUT2D eigenvalue weighted by Gasteiger charge is -2.03. The quantitative estimate of drug-likeness (QED) is 0.496. The summed E-state index contributed by atoms with van der Waals surface area (Å²) in [7, 11) is 0. The van der Waals surface area contributed by atoms with E-state index in [4.69, 9.17) is 0 Å². The Hall–Kier alpha value is -1.12. The van der Waals surface area contributed by atoms with E-state index < -0.39 is 0 Å². The normalized spacial score (nSPS) is 15.6. The third-order valence-electron chi connectivity index (χ3n) is 1.42. The number of aryl methyl sites for hydroxylation is 1. The first kappa shape index (κ1) is 4.73. The molecule has 1 aromatic heterocycles. The minimum absolute atomic E-state index is 1.05. The van der Waals surface area contributed by atoms with Crippen molar-refractivity contribution < 1.29 is 0 Å². The second-order valence-corrected chi connectivity index (χ2v) is 2.05. The summed E-state index contributed by atoms with van der Waals surface area (Å²) < 4.78 is 0. The Morgan fingerprint density at radius 2 is 2.56 bits per heavy atom. The first-order valence-electron chi connectivity index (χ1n) is 3.02. The van der Waals surface area contributed by atoms with Gasteiger partial charge in [-0.3, -0.25) is 0 Å². The molecule has 0 fully saturated rings. The van der Waals surface area contributed by atoms with Crippen molar-refractivity contribution in [2.24, 2.45) is 5.10 Å². The van der Waals surface area contributed by atoms with Gasteiger partial charge in [0, 0.05) is 6.21 Å². The molecule has 2 rings (SSSR count). The van der Waals surface area contributed by atoms with Gasteiger partial charge in [-0.2, -0.15) is 15.0 Å². The highest BCUT2D eigenvalue weighted by molar-refractivity contribution is 5.58. The molecule has 9 heavy (non-hydrogen) atoms. The lowest BCUT2D eigenvalue weighted by molar-refractivity contribution is 0.670. The summed E-state index contributed by atoms with van der Waals surface area (Å²) in [5.41, 5.74) is 1.21. The summed E-state index contributed by atoms with van der Waals surface area (Å²) in [6.45, 7) is 0. The molecule has 3 nitrogen and oxygen atoms in total. The van der Waals surface area contributed by atoms with Crippen molar-refractivity contribution in [2.45, 2.75) is 12.8 Å². The van der Waals surface area contributed by atoms with Gasteiger partial charge in [-0.1, -0.05) is 0 Å². The average molecular weight is 121 g/mol. The molecule has 0 saturated carbocycles. The molecule has 3 heteroatoms. The topological polar surface area (TPSA) is 30.2 Å². The zero-order chi connectivity index (χ0) is 6.10. The average Bonchev–Trinajstić information content (AvgIpc) is 2.33. The van der Waals surface area contributed by atoms with Crippen LogP contribution in [0.3, 0.4) is 0 Å². The molecule has 2 heterocycles. The Kier molecular flexibility index (Phi) is 0.886. The zero-order valence-corrected chi connectivity index (χ0v) is 4.99. The van der Waals surface area contributed by atoms with Crippen LogP contribution >= 0.6 is 0 Å². The molecule has 46 valence electrons. The van der Waals surface area contributed by atoms with Gasteiger partial charge < -0.3 is 0 Å². The molecule has 0 amide bonds. The van der Waals surface area contributed by atoms with Crippen molar-refractivity contribution in [3.63, 3.8) is 0 Å². The first-order valence-corrected chi connectivity index (χ1v) is 3.02. The third-order valence-corrected chi connectivity index (χ3v) is 1.42. The van der Waals surface area contributed by atoms with Crippen LogP contribution in [0.2, 0.25) is 0 Å². The van der Waals surface area contributed by atoms with Gasteiger partial charge in [0.15, 0.2) is 0 Å². The molecule has 0 atom stereocenters. The van der Waals surface area contributed by atoms with Crippen molar-refractivity contribution in [1.82, 2.24) is 9.89 Å². The Morgan fingerprint density at radius 3 is 3.44 bits per heavy atom. The SMILES string of the molecule is C1=Nn2nccc2CC1. The largest absolute Gasteiger partial charge is 0.163 e. The summed E-state index contributed by atoms with van der Waals surface area (Å²) in [5.74, 6) is 0. The number of aromatic nitrogens is 2. The Balaban J connectivity index is 2.53. The third kappa shape index (κ3) is 0.650. The zero-order valence-electron chi connectivity index (χ0n) is 4.99. The van der Waals surface area contributed by atoms with E-state index >= 15 is 0 Å². The molecule has 1 aliphatic heterocycles. The minimum atomic E-state index is 1.05. The van der Waals surface area contributed by atoms with Crippen molar-refractivity contribution in [3.8, 4) is 0 Å². The van der Waals surface area contributed by atoms with Gasteiger partial charge in [0.25, 0.3) is 0 Å². The number of hydrogen-bond donors (Lipinski definition) is 0. The van der Waals surface area contributed by atoms with Gasteiger partial charge in [0.1, 0.15) is 0 Å². The number of hydrogen-bond acceptors (Lipinski definition) is 2. The van der Waals surface area contributed by atoms with Crippen LogP contribution in [0.1, 0.15) is 12.1 Å². The van der Waals surface area contributed by atoms with E-state index in [0.717, 1.165) is 12.8 Å². The van der Waals surface area contributed by atoms with Gasteiger partial charge >= 0.3 is 0 Å². The van der Waals surface area contributed by atoms with Crippen LogP contribution in [-0.2, 0) is 6.42 Å². The Labute approximate surface area is 53.0 Å². The lowest BCUT2D eigenvalue weighted by atomic mass is 10.2. The van der Waals surface area contributed by atoms with Gasteiger partial charge in [0.2, 0.25) is 0 Å². The van der Waals surface area contributed by atoms with E-state index in [-0.39, 0.29) is 0 Å². The summed E-state index contributed by atoms with van der Waals surface area (Å²) in [6.07, 6.45) is 5.78. The molecule has 1 aliphatic rings. The first-order chi connectivity index (χ1) is 4.47. The summed E-state index contributed by atoms with van der Waals surface area (Å²) in [6, 6.07) is 2.00. The molecular weight excluding hydrogens is 114 g/mol. The van der Waals surface area contributed by atoms with E-state index in [9.17, 15) is 0 Å². The van der Waals surface area contributed by atoms with E-state index in [0.29, 0.717) is 0 Å². The van der Waals surface area contributed by atoms with Crippen molar-refractivity contribution in [2.75, 3.05) is 0 Å². The van der Waals surface area contributed by atoms with Crippen molar-refractivity contribution in [3.05, 3.63) is 18.0 Å². The van der Waals surface area contributed by atoms with E-state index in [2.05, 4.69) is 10.2 Å². The Morgan fingerprint density at radius 1 is 1.56 bits per heavy atom. The molecule has 0 N–H and O–H groups in total. The highest BCUT2D eigenvalue weighted by Crippen LogP contribution is 2.04. The number of nitrogens with zero attached hydrogens (tertiary/aromatic N) is 3.